The van der Waals surface area contributed by atoms with Crippen molar-refractivity contribution in [2.75, 3.05) is 13.7 Å². The van der Waals surface area contributed by atoms with Gasteiger partial charge in [0.1, 0.15) is 17.3 Å². The molecule has 0 saturated carbocycles. The van der Waals surface area contributed by atoms with Gasteiger partial charge in [0, 0.05) is 23.6 Å². The van der Waals surface area contributed by atoms with E-state index in [1.54, 1.807) is 7.11 Å². The summed E-state index contributed by atoms with van der Waals surface area (Å²) in [6.07, 6.45) is 0.811. The number of rotatable bonds is 1. The van der Waals surface area contributed by atoms with Crippen LogP contribution in [0.1, 0.15) is 23.1 Å². The Morgan fingerprint density at radius 2 is 2.05 bits per heavy atom. The number of hydrogen-bond donors (Lipinski definition) is 2. The lowest BCUT2D eigenvalue weighted by atomic mass is 9.79. The lowest BCUT2D eigenvalue weighted by Gasteiger charge is -2.36. The Hall–Kier alpha value is -2.49. The predicted octanol–water partition coefficient (Wildman–Crippen LogP) is 2.65. The maximum absolute atomic E-state index is 8.24. The second-order valence-electron chi connectivity index (χ2n) is 5.41. The molecule has 0 bridgehead atoms. The van der Waals surface area contributed by atoms with E-state index >= 15 is 0 Å². The third kappa shape index (κ3) is 1.59. The SMILES string of the molecule is COc1ccc2c(c1)OCCC21NC(=N)c2ccccc21. The molecule has 2 aromatic rings. The van der Waals surface area contributed by atoms with Crippen molar-refractivity contribution in [2.45, 2.75) is 12.0 Å². The van der Waals surface area contributed by atoms with Gasteiger partial charge in [-0.25, -0.2) is 0 Å². The first-order chi connectivity index (χ1) is 10.2. The molecule has 0 saturated heterocycles. The maximum Gasteiger partial charge on any atom is 0.128 e. The van der Waals surface area contributed by atoms with E-state index in [1.807, 2.05) is 36.4 Å². The van der Waals surface area contributed by atoms with Crippen molar-refractivity contribution in [1.29, 1.82) is 5.41 Å². The van der Waals surface area contributed by atoms with Gasteiger partial charge in [-0.15, -0.1) is 0 Å². The standard InChI is InChI=1S/C17H16N2O2/c1-20-11-6-7-14-15(10-11)21-9-8-17(14)13-5-3-2-4-12(13)16(18)19-17/h2-7,10H,8-9H2,1H3,(H2,18,19). The van der Waals surface area contributed by atoms with Crippen LogP contribution in [0.4, 0.5) is 0 Å². The fourth-order valence-electron chi connectivity index (χ4n) is 3.38. The number of methoxy groups -OCH3 is 1. The molecular formula is C17H16N2O2. The fraction of sp³-hybridized carbons (Fsp3) is 0.235. The summed E-state index contributed by atoms with van der Waals surface area (Å²) in [5, 5.41) is 11.6. The van der Waals surface area contributed by atoms with Gasteiger partial charge in [-0.05, 0) is 17.7 Å². The monoisotopic (exact) mass is 280 g/mol. The zero-order chi connectivity index (χ0) is 14.4. The highest BCUT2D eigenvalue weighted by Gasteiger charge is 2.46. The molecule has 2 aromatic carbocycles. The van der Waals surface area contributed by atoms with Crippen LogP contribution in [-0.2, 0) is 5.54 Å². The van der Waals surface area contributed by atoms with Gasteiger partial charge in [0.25, 0.3) is 0 Å². The Morgan fingerprint density at radius 3 is 2.90 bits per heavy atom. The van der Waals surface area contributed by atoms with Crippen LogP contribution in [0.25, 0.3) is 0 Å². The molecule has 4 heteroatoms. The molecule has 2 aliphatic rings. The Balaban J connectivity index is 1.95. The second-order valence-corrected chi connectivity index (χ2v) is 5.41. The van der Waals surface area contributed by atoms with Crippen LogP contribution >= 0.6 is 0 Å². The second kappa shape index (κ2) is 4.25. The molecule has 2 heterocycles. The number of amidine groups is 1. The molecule has 0 fully saturated rings. The van der Waals surface area contributed by atoms with E-state index in [9.17, 15) is 0 Å². The Labute approximate surface area is 123 Å². The smallest absolute Gasteiger partial charge is 0.128 e. The van der Waals surface area contributed by atoms with Gasteiger partial charge < -0.3 is 14.8 Å². The van der Waals surface area contributed by atoms with Crippen LogP contribution in [0, 0.1) is 5.41 Å². The van der Waals surface area contributed by atoms with E-state index in [0.717, 1.165) is 34.6 Å². The summed E-state index contributed by atoms with van der Waals surface area (Å²) in [7, 11) is 1.65. The van der Waals surface area contributed by atoms with Gasteiger partial charge >= 0.3 is 0 Å². The summed E-state index contributed by atoms with van der Waals surface area (Å²) in [6.45, 7) is 0.620. The molecule has 2 N–H and O–H groups in total. The Morgan fingerprint density at radius 1 is 1.19 bits per heavy atom. The van der Waals surface area contributed by atoms with E-state index in [-0.39, 0.29) is 5.54 Å². The highest BCUT2D eigenvalue weighted by molar-refractivity contribution is 6.02. The minimum atomic E-state index is -0.354. The number of hydrogen-bond acceptors (Lipinski definition) is 3. The summed E-state index contributed by atoms with van der Waals surface area (Å²) >= 11 is 0. The van der Waals surface area contributed by atoms with Gasteiger partial charge in [0.15, 0.2) is 0 Å². The van der Waals surface area contributed by atoms with Gasteiger partial charge in [-0.2, -0.15) is 0 Å². The molecule has 4 nitrogen and oxygen atoms in total. The third-order valence-corrected chi connectivity index (χ3v) is 4.38. The molecule has 0 aliphatic carbocycles. The molecule has 106 valence electrons. The molecule has 1 spiro atoms. The minimum Gasteiger partial charge on any atom is -0.497 e. The van der Waals surface area contributed by atoms with E-state index < -0.39 is 0 Å². The van der Waals surface area contributed by atoms with Crippen molar-refractivity contribution >= 4 is 5.84 Å². The molecule has 1 unspecified atom stereocenters. The van der Waals surface area contributed by atoms with E-state index in [0.29, 0.717) is 12.4 Å². The Bertz CT molecular complexity index is 741. The Kier molecular flexibility index (Phi) is 2.48. The predicted molar refractivity (Wildman–Crippen MR) is 80.3 cm³/mol. The summed E-state index contributed by atoms with van der Waals surface area (Å²) in [6, 6.07) is 14.0. The average Bonchev–Trinajstić information content (AvgIpc) is 2.81. The van der Waals surface area contributed by atoms with Crippen LogP contribution in [0.3, 0.4) is 0 Å². The quantitative estimate of drug-likeness (QED) is 0.844. The summed E-state index contributed by atoms with van der Waals surface area (Å²) in [4.78, 5) is 0. The highest BCUT2D eigenvalue weighted by Crippen LogP contribution is 2.46. The molecule has 1 atom stereocenters. The van der Waals surface area contributed by atoms with Crippen molar-refractivity contribution in [3.05, 3.63) is 59.2 Å². The fourth-order valence-corrected chi connectivity index (χ4v) is 3.38. The highest BCUT2D eigenvalue weighted by atomic mass is 16.5. The lowest BCUT2D eigenvalue weighted by Crippen LogP contribution is -2.44. The molecule has 2 aliphatic heterocycles. The number of benzene rings is 2. The first-order valence-electron chi connectivity index (χ1n) is 7.02. The lowest BCUT2D eigenvalue weighted by molar-refractivity contribution is 0.228. The van der Waals surface area contributed by atoms with Gasteiger partial charge in [-0.1, -0.05) is 24.3 Å². The first-order valence-corrected chi connectivity index (χ1v) is 7.02. The van der Waals surface area contributed by atoms with Crippen LogP contribution in [0.15, 0.2) is 42.5 Å². The van der Waals surface area contributed by atoms with Gasteiger partial charge in [0.05, 0.1) is 19.3 Å². The molecule has 0 amide bonds. The summed E-state index contributed by atoms with van der Waals surface area (Å²) < 4.78 is 11.1. The van der Waals surface area contributed by atoms with E-state index in [2.05, 4.69) is 11.4 Å². The largest absolute Gasteiger partial charge is 0.497 e. The molecule has 0 radical (unpaired) electrons. The van der Waals surface area contributed by atoms with Gasteiger partial charge in [0.2, 0.25) is 0 Å². The van der Waals surface area contributed by atoms with E-state index in [4.69, 9.17) is 14.9 Å². The maximum atomic E-state index is 8.24. The van der Waals surface area contributed by atoms with Crippen molar-refractivity contribution in [3.8, 4) is 11.5 Å². The van der Waals surface area contributed by atoms with Crippen molar-refractivity contribution in [1.82, 2.24) is 5.32 Å². The summed E-state index contributed by atoms with van der Waals surface area (Å²) in [5.74, 6) is 2.10. The van der Waals surface area contributed by atoms with Crippen LogP contribution in [-0.4, -0.2) is 19.6 Å². The number of ether oxygens (including phenoxy) is 2. The summed E-state index contributed by atoms with van der Waals surface area (Å²) in [5.41, 5.74) is 2.85. The molecular weight excluding hydrogens is 264 g/mol. The molecule has 4 rings (SSSR count). The van der Waals surface area contributed by atoms with Crippen molar-refractivity contribution < 1.29 is 9.47 Å². The molecule has 0 aromatic heterocycles. The topological polar surface area (TPSA) is 54.3 Å². The van der Waals surface area contributed by atoms with Crippen molar-refractivity contribution in [3.63, 3.8) is 0 Å². The zero-order valence-corrected chi connectivity index (χ0v) is 11.8. The average molecular weight is 280 g/mol. The molecule has 21 heavy (non-hydrogen) atoms. The first kappa shape index (κ1) is 12.3. The third-order valence-electron chi connectivity index (χ3n) is 4.38. The van der Waals surface area contributed by atoms with Crippen LogP contribution in [0.5, 0.6) is 11.5 Å². The number of fused-ring (bicyclic) bond motifs is 4. The van der Waals surface area contributed by atoms with Crippen LogP contribution < -0.4 is 14.8 Å². The number of nitrogens with one attached hydrogen (secondary N) is 2. The minimum absolute atomic E-state index is 0.354. The van der Waals surface area contributed by atoms with Crippen LogP contribution in [0.2, 0.25) is 0 Å². The zero-order valence-electron chi connectivity index (χ0n) is 11.8. The van der Waals surface area contributed by atoms with Crippen molar-refractivity contribution in [2.24, 2.45) is 0 Å². The normalized spacial score (nSPS) is 22.2. The van der Waals surface area contributed by atoms with E-state index in [1.165, 1.54) is 0 Å². The van der Waals surface area contributed by atoms with Gasteiger partial charge in [-0.3, -0.25) is 5.41 Å².